The average Bonchev–Trinajstić information content (AvgIpc) is 2.80. The molecule has 29 heavy (non-hydrogen) atoms. The summed E-state index contributed by atoms with van der Waals surface area (Å²) in [5, 5.41) is 3.89. The van der Waals surface area contributed by atoms with Gasteiger partial charge in [-0.2, -0.15) is 0 Å². The fourth-order valence-corrected chi connectivity index (χ4v) is 9.12. The summed E-state index contributed by atoms with van der Waals surface area (Å²) in [5.74, 6) is -0.392. The quantitative estimate of drug-likeness (QED) is 0.422. The van der Waals surface area contributed by atoms with Crippen LogP contribution < -0.4 is 15.9 Å². The molecule has 142 valence electrons. The van der Waals surface area contributed by atoms with Gasteiger partial charge in [-0.1, -0.05) is 54.6 Å². The minimum atomic E-state index is -2.18. The van der Waals surface area contributed by atoms with Crippen molar-refractivity contribution in [3.63, 3.8) is 0 Å². The van der Waals surface area contributed by atoms with Gasteiger partial charge in [0.25, 0.3) is 0 Å². The lowest BCUT2D eigenvalue weighted by molar-refractivity contribution is 0.0920. The number of hydrogen-bond acceptors (Lipinski definition) is 1. The SMILES string of the molecule is Fc1ccc(C2OCc3ccccc3[P+]2(c2ccccc2)c2ccccc2)cc1. The average molecular weight is 399 g/mol. The van der Waals surface area contributed by atoms with Crippen molar-refractivity contribution in [3.05, 3.63) is 126 Å². The Bertz CT molecular complexity index is 1070. The van der Waals surface area contributed by atoms with Gasteiger partial charge in [0.1, 0.15) is 29.0 Å². The molecule has 0 saturated heterocycles. The Morgan fingerprint density at radius 3 is 1.83 bits per heavy atom. The zero-order valence-electron chi connectivity index (χ0n) is 15.9. The second-order valence-electron chi connectivity index (χ2n) is 7.24. The van der Waals surface area contributed by atoms with Crippen molar-refractivity contribution in [2.24, 2.45) is 0 Å². The maximum absolute atomic E-state index is 13.7. The Morgan fingerprint density at radius 1 is 0.655 bits per heavy atom. The van der Waals surface area contributed by atoms with Gasteiger partial charge < -0.3 is 4.74 Å². The molecule has 0 N–H and O–H groups in total. The van der Waals surface area contributed by atoms with E-state index in [1.807, 2.05) is 12.1 Å². The molecule has 4 aromatic carbocycles. The molecule has 0 aliphatic carbocycles. The molecule has 1 unspecified atom stereocenters. The summed E-state index contributed by atoms with van der Waals surface area (Å²) in [6, 6.07) is 36.7. The van der Waals surface area contributed by atoms with E-state index >= 15 is 0 Å². The van der Waals surface area contributed by atoms with Crippen LogP contribution in [-0.4, -0.2) is 0 Å². The van der Waals surface area contributed by atoms with Crippen molar-refractivity contribution in [2.45, 2.75) is 12.5 Å². The Hall–Kier alpha value is -2.80. The van der Waals surface area contributed by atoms with Gasteiger partial charge in [0, 0.05) is 11.1 Å². The fourth-order valence-electron chi connectivity index (χ4n) is 4.36. The summed E-state index contributed by atoms with van der Waals surface area (Å²) >= 11 is 0. The van der Waals surface area contributed by atoms with Crippen LogP contribution in [-0.2, 0) is 11.3 Å². The highest BCUT2D eigenvalue weighted by molar-refractivity contribution is 7.96. The van der Waals surface area contributed by atoms with E-state index in [9.17, 15) is 4.39 Å². The maximum Gasteiger partial charge on any atom is 0.207 e. The topological polar surface area (TPSA) is 9.23 Å². The largest absolute Gasteiger partial charge is 0.334 e. The first-order valence-electron chi connectivity index (χ1n) is 9.75. The van der Waals surface area contributed by atoms with Gasteiger partial charge in [0.05, 0.1) is 6.61 Å². The van der Waals surface area contributed by atoms with E-state index in [1.54, 1.807) is 0 Å². The Balaban J connectivity index is 1.87. The molecule has 0 fully saturated rings. The van der Waals surface area contributed by atoms with Crippen molar-refractivity contribution >= 4 is 23.2 Å². The molecule has 0 bridgehead atoms. The summed E-state index contributed by atoms with van der Waals surface area (Å²) in [7, 11) is -2.18. The van der Waals surface area contributed by atoms with Crippen LogP contribution in [0.3, 0.4) is 0 Å². The number of halogens is 1. The Morgan fingerprint density at radius 2 is 1.21 bits per heavy atom. The summed E-state index contributed by atoms with van der Waals surface area (Å²) in [5.41, 5.74) is 2.24. The normalized spacial score (nSPS) is 17.5. The van der Waals surface area contributed by atoms with Gasteiger partial charge in [-0.15, -0.1) is 0 Å². The molecule has 1 nitrogen and oxygen atoms in total. The number of rotatable bonds is 3. The van der Waals surface area contributed by atoms with Gasteiger partial charge in [0.15, 0.2) is 0 Å². The van der Waals surface area contributed by atoms with Crippen molar-refractivity contribution in [1.82, 2.24) is 0 Å². The molecular formula is C26H21FOP+. The van der Waals surface area contributed by atoms with Crippen LogP contribution in [0, 0.1) is 5.82 Å². The van der Waals surface area contributed by atoms with Crippen LogP contribution in [0.1, 0.15) is 17.0 Å². The Labute approximate surface area is 171 Å². The first kappa shape index (κ1) is 18.2. The molecule has 3 heteroatoms. The van der Waals surface area contributed by atoms with Gasteiger partial charge in [-0.25, -0.2) is 4.39 Å². The minimum Gasteiger partial charge on any atom is -0.334 e. The molecule has 0 amide bonds. The molecule has 1 heterocycles. The lowest BCUT2D eigenvalue weighted by Gasteiger charge is -2.38. The smallest absolute Gasteiger partial charge is 0.207 e. The van der Waals surface area contributed by atoms with Crippen LogP contribution in [0.4, 0.5) is 4.39 Å². The van der Waals surface area contributed by atoms with Crippen LogP contribution in [0.5, 0.6) is 0 Å². The predicted molar refractivity (Wildman–Crippen MR) is 119 cm³/mol. The molecule has 1 aliphatic heterocycles. The molecule has 0 spiro atoms. The van der Waals surface area contributed by atoms with Crippen molar-refractivity contribution in [2.75, 3.05) is 0 Å². The Kier molecular flexibility index (Phi) is 4.75. The van der Waals surface area contributed by atoms with Crippen LogP contribution in [0.15, 0.2) is 109 Å². The van der Waals surface area contributed by atoms with Gasteiger partial charge in [-0.05, 0) is 54.6 Å². The first-order valence-corrected chi connectivity index (χ1v) is 11.6. The van der Waals surface area contributed by atoms with Crippen LogP contribution in [0.2, 0.25) is 0 Å². The minimum absolute atomic E-state index is 0.164. The second-order valence-corrected chi connectivity index (χ2v) is 10.7. The molecule has 1 aliphatic rings. The summed E-state index contributed by atoms with van der Waals surface area (Å²) in [6.07, 6.45) is 0. The second kappa shape index (κ2) is 7.55. The predicted octanol–water partition coefficient (Wildman–Crippen LogP) is 5.35. The molecule has 0 aromatic heterocycles. The third-order valence-electron chi connectivity index (χ3n) is 5.60. The van der Waals surface area contributed by atoms with E-state index in [0.717, 1.165) is 5.56 Å². The number of benzene rings is 4. The molecule has 0 saturated carbocycles. The highest BCUT2D eigenvalue weighted by Crippen LogP contribution is 2.69. The lowest BCUT2D eigenvalue weighted by Crippen LogP contribution is -2.40. The van der Waals surface area contributed by atoms with E-state index in [-0.39, 0.29) is 11.7 Å². The monoisotopic (exact) mass is 399 g/mol. The molecule has 5 rings (SSSR count). The van der Waals surface area contributed by atoms with E-state index in [4.69, 9.17) is 4.74 Å². The van der Waals surface area contributed by atoms with E-state index in [2.05, 4.69) is 84.9 Å². The summed E-state index contributed by atoms with van der Waals surface area (Å²) in [6.45, 7) is 0.555. The van der Waals surface area contributed by atoms with Crippen LogP contribution >= 0.6 is 7.26 Å². The molecular weight excluding hydrogens is 378 g/mol. The number of hydrogen-bond donors (Lipinski definition) is 0. The molecule has 1 atom stereocenters. The van der Waals surface area contributed by atoms with Crippen molar-refractivity contribution in [1.29, 1.82) is 0 Å². The zero-order valence-corrected chi connectivity index (χ0v) is 16.8. The van der Waals surface area contributed by atoms with Gasteiger partial charge in [0.2, 0.25) is 5.85 Å². The molecule has 0 radical (unpaired) electrons. The molecule has 4 aromatic rings. The number of fused-ring (bicyclic) bond motifs is 1. The van der Waals surface area contributed by atoms with Gasteiger partial charge in [-0.3, -0.25) is 0 Å². The fraction of sp³-hybridized carbons (Fsp3) is 0.0769. The van der Waals surface area contributed by atoms with Crippen molar-refractivity contribution in [3.8, 4) is 0 Å². The zero-order chi connectivity index (χ0) is 19.7. The summed E-state index contributed by atoms with van der Waals surface area (Å²) < 4.78 is 20.3. The van der Waals surface area contributed by atoms with Gasteiger partial charge >= 0.3 is 0 Å². The standard InChI is InChI=1S/C26H21FOP/c27-22-17-15-20(16-18-22)26-28-19-21-9-7-8-14-25(21)29(26,23-10-3-1-4-11-23)24-12-5-2-6-13-24/h1-18,26H,19H2/q+1. The van der Waals surface area contributed by atoms with E-state index < -0.39 is 7.26 Å². The maximum atomic E-state index is 13.7. The third-order valence-corrected chi connectivity index (χ3v) is 10.2. The van der Waals surface area contributed by atoms with E-state index in [0.29, 0.717) is 6.61 Å². The highest BCUT2D eigenvalue weighted by Gasteiger charge is 2.57. The first-order chi connectivity index (χ1) is 14.3. The number of ether oxygens (including phenoxy) is 1. The van der Waals surface area contributed by atoms with E-state index in [1.165, 1.54) is 33.6 Å². The summed E-state index contributed by atoms with van der Waals surface area (Å²) in [4.78, 5) is 0. The lowest BCUT2D eigenvalue weighted by atomic mass is 10.2. The van der Waals surface area contributed by atoms with Crippen LogP contribution in [0.25, 0.3) is 0 Å². The highest BCUT2D eigenvalue weighted by atomic mass is 31.2. The third kappa shape index (κ3) is 3.00. The van der Waals surface area contributed by atoms with Crippen molar-refractivity contribution < 1.29 is 9.13 Å².